The predicted octanol–water partition coefficient (Wildman–Crippen LogP) is 6.67. The van der Waals surface area contributed by atoms with Crippen LogP contribution >= 0.6 is 34.0 Å². The molecule has 110 valence electrons. The Kier molecular flexibility index (Phi) is 4.08. The summed E-state index contributed by atoms with van der Waals surface area (Å²) >= 11 is 5.75. The van der Waals surface area contributed by atoms with E-state index in [0.717, 1.165) is 6.42 Å². The monoisotopic (exact) mass is 332 g/mol. The van der Waals surface area contributed by atoms with Gasteiger partial charge in [0.25, 0.3) is 0 Å². The molecule has 0 aliphatic rings. The summed E-state index contributed by atoms with van der Waals surface area (Å²) in [5.74, 6) is 0. The SMILES string of the molecule is Cc1cc(-c2cc(Cc3scc(C)c3C)c(C)s2)sc1C. The minimum atomic E-state index is 1.08. The molecule has 0 aliphatic carbocycles. The summed E-state index contributed by atoms with van der Waals surface area (Å²) in [6.45, 7) is 11.1. The van der Waals surface area contributed by atoms with Crippen molar-refractivity contribution in [2.75, 3.05) is 0 Å². The fourth-order valence-corrected chi connectivity index (χ4v) is 5.63. The lowest BCUT2D eigenvalue weighted by Gasteiger charge is -1.99. The van der Waals surface area contributed by atoms with Gasteiger partial charge in [-0.2, -0.15) is 0 Å². The average Bonchev–Trinajstić information content (AvgIpc) is 3.06. The largest absolute Gasteiger partial charge is 0.148 e. The first-order chi connectivity index (χ1) is 9.95. The van der Waals surface area contributed by atoms with Crippen molar-refractivity contribution in [3.63, 3.8) is 0 Å². The normalized spacial score (nSPS) is 11.3. The van der Waals surface area contributed by atoms with E-state index in [-0.39, 0.29) is 0 Å². The third-order valence-corrected chi connectivity index (χ3v) is 7.82. The first-order valence-corrected chi connectivity index (χ1v) is 9.67. The number of rotatable bonds is 3. The molecule has 3 rings (SSSR count). The number of thiophene rings is 3. The second kappa shape index (κ2) is 5.71. The first-order valence-electron chi connectivity index (χ1n) is 7.16. The Bertz CT molecular complexity index is 764. The van der Waals surface area contributed by atoms with Crippen LogP contribution in [-0.2, 0) is 6.42 Å². The first kappa shape index (κ1) is 15.0. The van der Waals surface area contributed by atoms with Gasteiger partial charge in [-0.05, 0) is 74.4 Å². The molecule has 0 saturated carbocycles. The third kappa shape index (κ3) is 2.87. The Hall–Kier alpha value is -0.900. The average molecular weight is 333 g/mol. The lowest BCUT2D eigenvalue weighted by atomic mass is 10.1. The molecule has 0 saturated heterocycles. The van der Waals surface area contributed by atoms with E-state index in [0.29, 0.717) is 0 Å². The number of hydrogen-bond donors (Lipinski definition) is 0. The van der Waals surface area contributed by atoms with Crippen molar-refractivity contribution in [2.45, 2.75) is 41.0 Å². The summed E-state index contributed by atoms with van der Waals surface area (Å²) in [6.07, 6.45) is 1.08. The molecule has 0 aromatic carbocycles. The molecule has 0 radical (unpaired) electrons. The van der Waals surface area contributed by atoms with Gasteiger partial charge in [0.15, 0.2) is 0 Å². The van der Waals surface area contributed by atoms with Gasteiger partial charge in [-0.3, -0.25) is 0 Å². The topological polar surface area (TPSA) is 0 Å². The molecule has 3 heterocycles. The minimum Gasteiger partial charge on any atom is -0.148 e. The zero-order chi connectivity index (χ0) is 15.1. The zero-order valence-corrected chi connectivity index (χ0v) is 15.6. The van der Waals surface area contributed by atoms with E-state index in [1.807, 2.05) is 34.0 Å². The summed E-state index contributed by atoms with van der Waals surface area (Å²) in [7, 11) is 0. The van der Waals surface area contributed by atoms with Gasteiger partial charge in [0.1, 0.15) is 0 Å². The molecular formula is C18H20S3. The molecule has 3 aromatic heterocycles. The van der Waals surface area contributed by atoms with E-state index in [1.165, 1.54) is 46.6 Å². The van der Waals surface area contributed by atoms with E-state index < -0.39 is 0 Å². The van der Waals surface area contributed by atoms with E-state index in [4.69, 9.17) is 0 Å². The highest BCUT2D eigenvalue weighted by atomic mass is 32.1. The lowest BCUT2D eigenvalue weighted by Crippen LogP contribution is -1.87. The van der Waals surface area contributed by atoms with Gasteiger partial charge in [0, 0.05) is 30.8 Å². The molecule has 0 atom stereocenters. The highest BCUT2D eigenvalue weighted by Crippen LogP contribution is 2.38. The van der Waals surface area contributed by atoms with Crippen LogP contribution in [0.3, 0.4) is 0 Å². The Balaban J connectivity index is 1.93. The second-order valence-corrected chi connectivity index (χ2v) is 9.16. The van der Waals surface area contributed by atoms with Gasteiger partial charge in [-0.15, -0.1) is 34.0 Å². The summed E-state index contributed by atoms with van der Waals surface area (Å²) in [4.78, 5) is 7.25. The molecular weight excluding hydrogens is 312 g/mol. The molecule has 3 heteroatoms. The standard InChI is InChI=1S/C18H20S3/c1-10-6-17(20-13(10)4)18-8-15(14(5)21-18)7-16-12(3)11(2)9-19-16/h6,8-9H,7H2,1-5H3. The molecule has 0 fully saturated rings. The van der Waals surface area contributed by atoms with Gasteiger partial charge in [0.05, 0.1) is 0 Å². The molecule has 0 unspecified atom stereocenters. The van der Waals surface area contributed by atoms with Crippen LogP contribution < -0.4 is 0 Å². The van der Waals surface area contributed by atoms with Crippen molar-refractivity contribution in [3.05, 3.63) is 54.4 Å². The van der Waals surface area contributed by atoms with Crippen LogP contribution in [0.15, 0.2) is 17.5 Å². The third-order valence-electron chi connectivity index (χ3n) is 4.17. The van der Waals surface area contributed by atoms with Crippen molar-refractivity contribution >= 4 is 34.0 Å². The number of aryl methyl sites for hydroxylation is 4. The highest BCUT2D eigenvalue weighted by molar-refractivity contribution is 7.22. The van der Waals surface area contributed by atoms with E-state index >= 15 is 0 Å². The minimum absolute atomic E-state index is 1.08. The summed E-state index contributed by atoms with van der Waals surface area (Å²) in [5, 5.41) is 2.28. The van der Waals surface area contributed by atoms with E-state index in [1.54, 1.807) is 0 Å². The molecule has 3 aromatic rings. The van der Waals surface area contributed by atoms with E-state index in [9.17, 15) is 0 Å². The quantitative estimate of drug-likeness (QED) is 0.502. The molecule has 0 spiro atoms. The summed E-state index contributed by atoms with van der Waals surface area (Å²) in [5.41, 5.74) is 5.79. The van der Waals surface area contributed by atoms with Crippen molar-refractivity contribution < 1.29 is 0 Å². The van der Waals surface area contributed by atoms with Gasteiger partial charge in [-0.1, -0.05) is 0 Å². The Morgan fingerprint density at radius 3 is 2.05 bits per heavy atom. The van der Waals surface area contributed by atoms with Crippen LogP contribution in [0.5, 0.6) is 0 Å². The van der Waals surface area contributed by atoms with Gasteiger partial charge < -0.3 is 0 Å². The van der Waals surface area contributed by atoms with Crippen LogP contribution in [-0.4, -0.2) is 0 Å². The van der Waals surface area contributed by atoms with Crippen LogP contribution in [0.25, 0.3) is 9.75 Å². The van der Waals surface area contributed by atoms with Gasteiger partial charge in [-0.25, -0.2) is 0 Å². The van der Waals surface area contributed by atoms with Crippen LogP contribution in [0, 0.1) is 34.6 Å². The Labute approximate surface area is 139 Å². The smallest absolute Gasteiger partial charge is 0.0448 e. The predicted molar refractivity (Wildman–Crippen MR) is 98.4 cm³/mol. The second-order valence-electron chi connectivity index (χ2n) is 5.69. The van der Waals surface area contributed by atoms with Crippen molar-refractivity contribution in [2.24, 2.45) is 0 Å². The van der Waals surface area contributed by atoms with Gasteiger partial charge >= 0.3 is 0 Å². The maximum Gasteiger partial charge on any atom is 0.0448 e. The zero-order valence-electron chi connectivity index (χ0n) is 13.2. The van der Waals surface area contributed by atoms with Crippen molar-refractivity contribution in [1.82, 2.24) is 0 Å². The molecule has 0 N–H and O–H groups in total. The molecule has 21 heavy (non-hydrogen) atoms. The van der Waals surface area contributed by atoms with Crippen LogP contribution in [0.2, 0.25) is 0 Å². The van der Waals surface area contributed by atoms with Crippen molar-refractivity contribution in [3.8, 4) is 9.75 Å². The van der Waals surface area contributed by atoms with E-state index in [2.05, 4.69) is 52.1 Å². The maximum atomic E-state index is 2.40. The summed E-state index contributed by atoms with van der Waals surface area (Å²) in [6, 6.07) is 4.73. The highest BCUT2D eigenvalue weighted by Gasteiger charge is 2.13. The molecule has 0 amide bonds. The van der Waals surface area contributed by atoms with Crippen LogP contribution in [0.4, 0.5) is 0 Å². The molecule has 0 aliphatic heterocycles. The van der Waals surface area contributed by atoms with Crippen molar-refractivity contribution in [1.29, 1.82) is 0 Å². The summed E-state index contributed by atoms with van der Waals surface area (Å²) < 4.78 is 0. The number of hydrogen-bond acceptors (Lipinski definition) is 3. The Morgan fingerprint density at radius 2 is 1.48 bits per heavy atom. The molecule has 0 bridgehead atoms. The fourth-order valence-electron chi connectivity index (χ4n) is 2.41. The Morgan fingerprint density at radius 1 is 0.810 bits per heavy atom. The van der Waals surface area contributed by atoms with Gasteiger partial charge in [0.2, 0.25) is 0 Å². The molecule has 0 nitrogen and oxygen atoms in total. The lowest BCUT2D eigenvalue weighted by molar-refractivity contribution is 1.19. The fraction of sp³-hybridized carbons (Fsp3) is 0.333. The van der Waals surface area contributed by atoms with Crippen LogP contribution in [0.1, 0.15) is 36.9 Å². The maximum absolute atomic E-state index is 2.40.